The summed E-state index contributed by atoms with van der Waals surface area (Å²) in [5, 5.41) is 3.83. The minimum absolute atomic E-state index is 0.770. The van der Waals surface area contributed by atoms with Crippen LogP contribution in [0, 0.1) is 5.92 Å². The molecule has 1 aromatic heterocycles. The predicted molar refractivity (Wildman–Crippen MR) is 77.1 cm³/mol. The van der Waals surface area contributed by atoms with E-state index in [9.17, 15) is 0 Å². The van der Waals surface area contributed by atoms with Crippen molar-refractivity contribution < 1.29 is 0 Å². The first-order chi connectivity index (χ1) is 8.69. The molecule has 1 unspecified atom stereocenters. The van der Waals surface area contributed by atoms with Crippen molar-refractivity contribution in [1.29, 1.82) is 0 Å². The fourth-order valence-electron chi connectivity index (χ4n) is 2.43. The molecule has 0 spiro atoms. The minimum atomic E-state index is 0.770. The third kappa shape index (κ3) is 3.59. The monoisotopic (exact) mass is 267 g/mol. The smallest absolute Gasteiger partial charge is 0.126 e. The van der Waals surface area contributed by atoms with E-state index in [1.807, 2.05) is 19.2 Å². The van der Waals surface area contributed by atoms with Crippen molar-refractivity contribution in [3.8, 4) is 0 Å². The van der Waals surface area contributed by atoms with Crippen molar-refractivity contribution in [1.82, 2.24) is 9.88 Å². The highest BCUT2D eigenvalue weighted by atomic mass is 35.5. The van der Waals surface area contributed by atoms with Gasteiger partial charge in [0.25, 0.3) is 0 Å². The van der Waals surface area contributed by atoms with Crippen LogP contribution in [0.4, 0.5) is 5.82 Å². The van der Waals surface area contributed by atoms with Gasteiger partial charge in [0, 0.05) is 13.6 Å². The molecule has 1 saturated heterocycles. The molecule has 1 atom stereocenters. The lowest BCUT2D eigenvalue weighted by atomic mass is 10.0. The average molecular weight is 268 g/mol. The second-order valence-corrected chi connectivity index (χ2v) is 5.59. The minimum Gasteiger partial charge on any atom is -0.373 e. The van der Waals surface area contributed by atoms with E-state index >= 15 is 0 Å². The Morgan fingerprint density at radius 3 is 3.00 bits per heavy atom. The normalized spacial score (nSPS) is 21.6. The van der Waals surface area contributed by atoms with Crippen LogP contribution in [0.25, 0.3) is 0 Å². The summed E-state index contributed by atoms with van der Waals surface area (Å²) in [6, 6.07) is 3.84. The molecule has 0 amide bonds. The Morgan fingerprint density at radius 1 is 1.39 bits per heavy atom. The van der Waals surface area contributed by atoms with Gasteiger partial charge in [0.05, 0.1) is 10.7 Å². The number of hydrogen-bond donors (Lipinski definition) is 1. The quantitative estimate of drug-likeness (QED) is 0.910. The van der Waals surface area contributed by atoms with Crippen LogP contribution in [0.15, 0.2) is 12.1 Å². The maximum absolute atomic E-state index is 6.22. The molecule has 0 aliphatic carbocycles. The van der Waals surface area contributed by atoms with Gasteiger partial charge < -0.3 is 5.32 Å². The van der Waals surface area contributed by atoms with E-state index in [-0.39, 0.29) is 0 Å². The zero-order valence-electron chi connectivity index (χ0n) is 11.2. The molecular formula is C14H22ClN3. The van der Waals surface area contributed by atoms with E-state index in [1.165, 1.54) is 19.3 Å². The Kier molecular flexibility index (Phi) is 4.84. The van der Waals surface area contributed by atoms with Crippen molar-refractivity contribution in [3.63, 3.8) is 0 Å². The first-order valence-corrected chi connectivity index (χ1v) is 7.12. The van der Waals surface area contributed by atoms with Gasteiger partial charge in [-0.05, 0) is 50.4 Å². The van der Waals surface area contributed by atoms with E-state index in [4.69, 9.17) is 11.6 Å². The molecule has 1 fully saturated rings. The Labute approximate surface area is 115 Å². The molecule has 0 radical (unpaired) electrons. The lowest BCUT2D eigenvalue weighted by molar-refractivity contribution is 0.270. The maximum Gasteiger partial charge on any atom is 0.126 e. The number of rotatable bonds is 3. The van der Waals surface area contributed by atoms with Crippen LogP contribution in [0.2, 0.25) is 5.02 Å². The second-order valence-electron chi connectivity index (χ2n) is 5.19. The van der Waals surface area contributed by atoms with Gasteiger partial charge in [0.2, 0.25) is 0 Å². The van der Waals surface area contributed by atoms with Crippen LogP contribution in [0.1, 0.15) is 31.9 Å². The number of nitrogens with zero attached hydrogens (tertiary/aromatic N) is 2. The summed E-state index contributed by atoms with van der Waals surface area (Å²) in [6.07, 6.45) is 3.90. The Balaban J connectivity index is 2.03. The highest BCUT2D eigenvalue weighted by Crippen LogP contribution is 2.21. The number of halogens is 1. The average Bonchev–Trinajstić information content (AvgIpc) is 2.57. The van der Waals surface area contributed by atoms with Crippen molar-refractivity contribution >= 4 is 17.4 Å². The molecule has 1 aliphatic heterocycles. The molecule has 2 heterocycles. The second kappa shape index (κ2) is 6.39. The third-order valence-electron chi connectivity index (χ3n) is 3.66. The van der Waals surface area contributed by atoms with Gasteiger partial charge in [0.1, 0.15) is 5.82 Å². The lowest BCUT2D eigenvalue weighted by Crippen LogP contribution is -2.25. The van der Waals surface area contributed by atoms with Crippen LogP contribution < -0.4 is 5.32 Å². The summed E-state index contributed by atoms with van der Waals surface area (Å²) in [7, 11) is 1.88. The molecule has 0 saturated carbocycles. The zero-order chi connectivity index (χ0) is 13.0. The van der Waals surface area contributed by atoms with E-state index in [0.717, 1.165) is 42.1 Å². The van der Waals surface area contributed by atoms with E-state index in [0.29, 0.717) is 0 Å². The molecule has 1 aliphatic rings. The highest BCUT2D eigenvalue weighted by Gasteiger charge is 2.15. The van der Waals surface area contributed by atoms with Crippen molar-refractivity contribution in [2.24, 2.45) is 5.92 Å². The topological polar surface area (TPSA) is 28.2 Å². The fraction of sp³-hybridized carbons (Fsp3) is 0.643. The number of pyridine rings is 1. The van der Waals surface area contributed by atoms with Crippen molar-refractivity contribution in [2.75, 3.05) is 25.5 Å². The van der Waals surface area contributed by atoms with Crippen molar-refractivity contribution in [3.05, 3.63) is 22.8 Å². The molecule has 1 aromatic rings. The molecule has 0 bridgehead atoms. The Hall–Kier alpha value is -0.800. The van der Waals surface area contributed by atoms with Gasteiger partial charge in [-0.25, -0.2) is 4.98 Å². The summed E-state index contributed by atoms with van der Waals surface area (Å²) < 4.78 is 0. The van der Waals surface area contributed by atoms with E-state index in [2.05, 4.69) is 22.1 Å². The largest absolute Gasteiger partial charge is 0.373 e. The standard InChI is InChI=1S/C14H22ClN3/c1-11-4-3-8-18(9-7-11)10-13-12(15)5-6-14(16-2)17-13/h5-6,11H,3-4,7-10H2,1-2H3,(H,16,17). The SMILES string of the molecule is CNc1ccc(Cl)c(CN2CCCC(C)CC2)n1. The van der Waals surface area contributed by atoms with Gasteiger partial charge in [0.15, 0.2) is 0 Å². The molecule has 2 rings (SSSR count). The van der Waals surface area contributed by atoms with E-state index < -0.39 is 0 Å². The van der Waals surface area contributed by atoms with Gasteiger partial charge in [-0.1, -0.05) is 18.5 Å². The molecule has 0 aromatic carbocycles. The maximum atomic E-state index is 6.22. The summed E-state index contributed by atoms with van der Waals surface area (Å²) in [5.74, 6) is 1.74. The lowest BCUT2D eigenvalue weighted by Gasteiger charge is -2.20. The van der Waals surface area contributed by atoms with Crippen LogP contribution in [-0.4, -0.2) is 30.0 Å². The number of hydrogen-bond acceptors (Lipinski definition) is 3. The van der Waals surface area contributed by atoms with Gasteiger partial charge in [-0.2, -0.15) is 0 Å². The number of anilines is 1. The number of nitrogens with one attached hydrogen (secondary N) is 1. The number of likely N-dealkylation sites (tertiary alicyclic amines) is 1. The summed E-state index contributed by atoms with van der Waals surface area (Å²) in [4.78, 5) is 7.02. The molecule has 4 heteroatoms. The predicted octanol–water partition coefficient (Wildman–Crippen LogP) is 3.40. The van der Waals surface area contributed by atoms with Gasteiger partial charge >= 0.3 is 0 Å². The van der Waals surface area contributed by atoms with E-state index in [1.54, 1.807) is 0 Å². The van der Waals surface area contributed by atoms with Crippen molar-refractivity contribution in [2.45, 2.75) is 32.7 Å². The van der Waals surface area contributed by atoms with Crippen LogP contribution in [0.3, 0.4) is 0 Å². The van der Waals surface area contributed by atoms with Gasteiger partial charge in [-0.15, -0.1) is 0 Å². The first kappa shape index (κ1) is 13.6. The van der Waals surface area contributed by atoms with Crippen LogP contribution >= 0.6 is 11.6 Å². The van der Waals surface area contributed by atoms with Gasteiger partial charge in [-0.3, -0.25) is 4.90 Å². The molecule has 18 heavy (non-hydrogen) atoms. The molecule has 100 valence electrons. The van der Waals surface area contributed by atoms with Crippen LogP contribution in [0.5, 0.6) is 0 Å². The zero-order valence-corrected chi connectivity index (χ0v) is 12.0. The Morgan fingerprint density at radius 2 is 2.22 bits per heavy atom. The highest BCUT2D eigenvalue weighted by molar-refractivity contribution is 6.31. The number of aromatic nitrogens is 1. The summed E-state index contributed by atoms with van der Waals surface area (Å²) in [5.41, 5.74) is 0.984. The summed E-state index contributed by atoms with van der Waals surface area (Å²) in [6.45, 7) is 5.52. The Bertz CT molecular complexity index is 395. The molecule has 3 nitrogen and oxygen atoms in total. The summed E-state index contributed by atoms with van der Waals surface area (Å²) >= 11 is 6.22. The fourth-order valence-corrected chi connectivity index (χ4v) is 2.59. The van der Waals surface area contributed by atoms with Crippen LogP contribution in [-0.2, 0) is 6.54 Å². The molecular weight excluding hydrogens is 246 g/mol. The third-order valence-corrected chi connectivity index (χ3v) is 4.00. The first-order valence-electron chi connectivity index (χ1n) is 6.74. The molecule has 1 N–H and O–H groups in total.